The Hall–Kier alpha value is -1.54. The van der Waals surface area contributed by atoms with E-state index in [9.17, 15) is 8.42 Å². The molecule has 4 nitrogen and oxygen atoms in total. The maximum atomic E-state index is 10.8. The van der Waals surface area contributed by atoms with Gasteiger partial charge in [-0.15, -0.1) is 0 Å². The summed E-state index contributed by atoms with van der Waals surface area (Å²) in [6.07, 6.45) is 1.65. The minimum absolute atomic E-state index is 0.116. The van der Waals surface area contributed by atoms with Gasteiger partial charge in [0.25, 0.3) is 0 Å². The number of rotatable bonds is 5. The molecular weight excluding hydrogens is 226 g/mol. The fourth-order valence-corrected chi connectivity index (χ4v) is 1.81. The maximum Gasteiger partial charge on any atom is 0.147 e. The highest BCUT2D eigenvalue weighted by Gasteiger charge is 2.02. The zero-order valence-electron chi connectivity index (χ0n) is 9.01. The monoisotopic (exact) mass is 239 g/mol. The van der Waals surface area contributed by atoms with E-state index >= 15 is 0 Å². The molecule has 1 rings (SSSR count). The molecule has 0 spiro atoms. The lowest BCUT2D eigenvalue weighted by molar-refractivity contribution is 0.317. The molecular formula is C11H13NO3S. The molecule has 0 saturated heterocycles. The topological polar surface area (TPSA) is 67.2 Å². The molecule has 0 heterocycles. The second-order valence-electron chi connectivity index (χ2n) is 3.47. The Morgan fingerprint density at radius 1 is 1.44 bits per heavy atom. The maximum absolute atomic E-state index is 10.8. The summed E-state index contributed by atoms with van der Waals surface area (Å²) in [5.41, 5.74) is 0.528. The van der Waals surface area contributed by atoms with E-state index in [1.807, 2.05) is 6.07 Å². The molecule has 0 amide bonds. The Kier molecular flexibility index (Phi) is 4.32. The second-order valence-corrected chi connectivity index (χ2v) is 5.73. The predicted octanol–water partition coefficient (Wildman–Crippen LogP) is 1.37. The van der Waals surface area contributed by atoms with Crippen molar-refractivity contribution in [1.29, 1.82) is 5.26 Å². The molecule has 0 aliphatic carbocycles. The van der Waals surface area contributed by atoms with Crippen molar-refractivity contribution in [2.24, 2.45) is 0 Å². The number of benzene rings is 1. The van der Waals surface area contributed by atoms with Crippen molar-refractivity contribution in [3.8, 4) is 11.8 Å². The fourth-order valence-electron chi connectivity index (χ4n) is 1.17. The summed E-state index contributed by atoms with van der Waals surface area (Å²) in [6.45, 7) is 0.335. The van der Waals surface area contributed by atoms with Gasteiger partial charge in [-0.05, 0) is 24.6 Å². The van der Waals surface area contributed by atoms with Crippen molar-refractivity contribution in [2.45, 2.75) is 6.42 Å². The summed E-state index contributed by atoms with van der Waals surface area (Å²) in [4.78, 5) is 0. The first kappa shape index (κ1) is 12.5. The standard InChI is InChI=1S/C11H13NO3S/c1-16(13,14)7-3-6-15-11-5-2-4-10(8-11)9-12/h2,4-5,8H,3,6-7H2,1H3. The first-order valence-corrected chi connectivity index (χ1v) is 6.88. The molecule has 0 N–H and O–H groups in total. The van der Waals surface area contributed by atoms with Crippen molar-refractivity contribution in [3.63, 3.8) is 0 Å². The number of sulfone groups is 1. The highest BCUT2D eigenvalue weighted by Crippen LogP contribution is 2.12. The van der Waals surface area contributed by atoms with Crippen molar-refractivity contribution >= 4 is 9.84 Å². The van der Waals surface area contributed by atoms with Gasteiger partial charge in [0.15, 0.2) is 0 Å². The van der Waals surface area contributed by atoms with E-state index in [1.54, 1.807) is 24.3 Å². The van der Waals surface area contributed by atoms with Crippen LogP contribution < -0.4 is 4.74 Å². The van der Waals surface area contributed by atoms with E-state index in [-0.39, 0.29) is 5.75 Å². The summed E-state index contributed by atoms with van der Waals surface area (Å²) in [6, 6.07) is 8.78. The number of nitrogens with zero attached hydrogens (tertiary/aromatic N) is 1. The normalized spacial score (nSPS) is 10.8. The van der Waals surface area contributed by atoms with E-state index in [4.69, 9.17) is 10.00 Å². The van der Waals surface area contributed by atoms with Crippen LogP contribution >= 0.6 is 0 Å². The van der Waals surface area contributed by atoms with E-state index in [0.29, 0.717) is 24.3 Å². The third kappa shape index (κ3) is 4.80. The Bertz CT molecular complexity index is 488. The second kappa shape index (κ2) is 5.52. The molecule has 0 unspecified atom stereocenters. The lowest BCUT2D eigenvalue weighted by atomic mass is 10.2. The van der Waals surface area contributed by atoms with Crippen LogP contribution in [-0.2, 0) is 9.84 Å². The van der Waals surface area contributed by atoms with Crippen LogP contribution in [0.4, 0.5) is 0 Å². The Balaban J connectivity index is 2.41. The first-order valence-electron chi connectivity index (χ1n) is 4.82. The molecule has 86 valence electrons. The average Bonchev–Trinajstić information content (AvgIpc) is 2.23. The lowest BCUT2D eigenvalue weighted by Gasteiger charge is -2.05. The zero-order valence-corrected chi connectivity index (χ0v) is 9.83. The van der Waals surface area contributed by atoms with Crippen molar-refractivity contribution in [2.75, 3.05) is 18.6 Å². The first-order chi connectivity index (χ1) is 7.51. The molecule has 0 saturated carbocycles. The van der Waals surface area contributed by atoms with Crippen LogP contribution in [-0.4, -0.2) is 27.0 Å². The molecule has 16 heavy (non-hydrogen) atoms. The van der Waals surface area contributed by atoms with Crippen LogP contribution in [0.15, 0.2) is 24.3 Å². The quantitative estimate of drug-likeness (QED) is 0.728. The molecule has 0 aliphatic rings. The van der Waals surface area contributed by atoms with Gasteiger partial charge in [-0.2, -0.15) is 5.26 Å². The fraction of sp³-hybridized carbons (Fsp3) is 0.364. The highest BCUT2D eigenvalue weighted by molar-refractivity contribution is 7.90. The smallest absolute Gasteiger partial charge is 0.147 e. The van der Waals surface area contributed by atoms with Crippen LogP contribution in [0.3, 0.4) is 0 Å². The summed E-state index contributed by atoms with van der Waals surface area (Å²) < 4.78 is 27.0. The zero-order chi connectivity index (χ0) is 12.0. The lowest BCUT2D eigenvalue weighted by Crippen LogP contribution is -2.07. The predicted molar refractivity (Wildman–Crippen MR) is 61.0 cm³/mol. The van der Waals surface area contributed by atoms with Gasteiger partial charge in [-0.25, -0.2) is 8.42 Å². The third-order valence-corrected chi connectivity index (χ3v) is 2.92. The number of hydrogen-bond acceptors (Lipinski definition) is 4. The summed E-state index contributed by atoms with van der Waals surface area (Å²) in [7, 11) is -2.92. The van der Waals surface area contributed by atoms with E-state index in [1.165, 1.54) is 6.26 Å². The molecule has 5 heteroatoms. The number of hydrogen-bond donors (Lipinski definition) is 0. The van der Waals surface area contributed by atoms with E-state index < -0.39 is 9.84 Å². The Labute approximate surface area is 95.4 Å². The SMILES string of the molecule is CS(=O)(=O)CCCOc1cccc(C#N)c1. The molecule has 1 aromatic carbocycles. The van der Waals surface area contributed by atoms with Crippen LogP contribution in [0.5, 0.6) is 5.75 Å². The van der Waals surface area contributed by atoms with Gasteiger partial charge in [-0.1, -0.05) is 6.07 Å². The molecule has 0 radical (unpaired) electrons. The average molecular weight is 239 g/mol. The van der Waals surface area contributed by atoms with Gasteiger partial charge >= 0.3 is 0 Å². The van der Waals surface area contributed by atoms with Gasteiger partial charge in [0.2, 0.25) is 0 Å². The van der Waals surface area contributed by atoms with Gasteiger partial charge in [0.1, 0.15) is 15.6 Å². The van der Waals surface area contributed by atoms with Crippen molar-refractivity contribution in [1.82, 2.24) is 0 Å². The van der Waals surface area contributed by atoms with Crippen LogP contribution in [0.25, 0.3) is 0 Å². The minimum Gasteiger partial charge on any atom is -0.494 e. The van der Waals surface area contributed by atoms with Gasteiger partial charge in [0, 0.05) is 6.26 Å². The van der Waals surface area contributed by atoms with E-state index in [0.717, 1.165) is 0 Å². The molecule has 0 atom stereocenters. The van der Waals surface area contributed by atoms with Gasteiger partial charge in [-0.3, -0.25) is 0 Å². The third-order valence-electron chi connectivity index (χ3n) is 1.89. The summed E-state index contributed by atoms with van der Waals surface area (Å²) >= 11 is 0. The van der Waals surface area contributed by atoms with Crippen LogP contribution in [0.2, 0.25) is 0 Å². The van der Waals surface area contributed by atoms with Crippen molar-refractivity contribution in [3.05, 3.63) is 29.8 Å². The molecule has 0 fully saturated rings. The summed E-state index contributed by atoms with van der Waals surface area (Å²) in [5.74, 6) is 0.706. The molecule has 1 aromatic rings. The van der Waals surface area contributed by atoms with E-state index in [2.05, 4.69) is 0 Å². The molecule has 0 aliphatic heterocycles. The largest absolute Gasteiger partial charge is 0.494 e. The Morgan fingerprint density at radius 2 is 2.19 bits per heavy atom. The number of nitriles is 1. The summed E-state index contributed by atoms with van der Waals surface area (Å²) in [5, 5.41) is 8.66. The van der Waals surface area contributed by atoms with Gasteiger partial charge in [0.05, 0.1) is 24.0 Å². The van der Waals surface area contributed by atoms with Crippen LogP contribution in [0, 0.1) is 11.3 Å². The van der Waals surface area contributed by atoms with Crippen molar-refractivity contribution < 1.29 is 13.2 Å². The molecule has 0 aromatic heterocycles. The Morgan fingerprint density at radius 3 is 2.81 bits per heavy atom. The number of ether oxygens (including phenoxy) is 1. The van der Waals surface area contributed by atoms with Crippen LogP contribution in [0.1, 0.15) is 12.0 Å². The molecule has 0 bridgehead atoms. The van der Waals surface area contributed by atoms with Gasteiger partial charge < -0.3 is 4.74 Å². The highest BCUT2D eigenvalue weighted by atomic mass is 32.2. The minimum atomic E-state index is -2.92.